The first kappa shape index (κ1) is 10.1. The molecule has 1 aliphatic rings. The van der Waals surface area contributed by atoms with Crippen molar-refractivity contribution in [3.8, 4) is 0 Å². The predicted octanol–water partition coefficient (Wildman–Crippen LogP) is 0.292. The second-order valence-corrected chi connectivity index (χ2v) is 4.23. The van der Waals surface area contributed by atoms with Gasteiger partial charge in [-0.2, -0.15) is 0 Å². The topological polar surface area (TPSA) is 85.8 Å². The van der Waals surface area contributed by atoms with Gasteiger partial charge in [-0.1, -0.05) is 0 Å². The fourth-order valence-corrected chi connectivity index (χ4v) is 2.19. The fourth-order valence-electron chi connectivity index (χ4n) is 2.19. The Morgan fingerprint density at radius 3 is 3.24 bits per heavy atom. The highest BCUT2D eigenvalue weighted by Crippen LogP contribution is 2.17. The number of nitrogen functional groups attached to an aromatic ring is 1. The predicted molar refractivity (Wildman–Crippen MR) is 63.1 cm³/mol. The molecule has 1 saturated heterocycles. The minimum Gasteiger partial charge on any atom is -0.369 e. The normalized spacial score (nSPS) is 19.8. The second kappa shape index (κ2) is 3.73. The van der Waals surface area contributed by atoms with Gasteiger partial charge in [0, 0.05) is 25.2 Å². The molecule has 3 rings (SSSR count). The summed E-state index contributed by atoms with van der Waals surface area (Å²) in [5, 5.41) is 2.91. The number of fused-ring (bicyclic) bond motifs is 1. The number of hydrogen-bond donors (Lipinski definition) is 2. The lowest BCUT2D eigenvalue weighted by Gasteiger charge is -2.12. The van der Waals surface area contributed by atoms with E-state index in [9.17, 15) is 4.79 Å². The summed E-state index contributed by atoms with van der Waals surface area (Å²) < 4.78 is 1.85. The first-order chi connectivity index (χ1) is 8.24. The SMILES string of the molecule is Nc1nc2cccnc2n1CC1CCC(=O)N1. The Bertz CT molecular complexity index is 576. The second-order valence-electron chi connectivity index (χ2n) is 4.23. The molecule has 17 heavy (non-hydrogen) atoms. The molecule has 1 amide bonds. The van der Waals surface area contributed by atoms with Crippen LogP contribution in [0.4, 0.5) is 5.95 Å². The highest BCUT2D eigenvalue weighted by molar-refractivity contribution is 5.78. The summed E-state index contributed by atoms with van der Waals surface area (Å²) in [6.45, 7) is 0.630. The Morgan fingerprint density at radius 1 is 1.59 bits per heavy atom. The van der Waals surface area contributed by atoms with Crippen LogP contribution in [0.2, 0.25) is 0 Å². The van der Waals surface area contributed by atoms with Gasteiger partial charge in [0.25, 0.3) is 0 Å². The first-order valence-corrected chi connectivity index (χ1v) is 5.60. The number of aromatic nitrogens is 3. The van der Waals surface area contributed by atoms with Crippen molar-refractivity contribution in [1.29, 1.82) is 0 Å². The smallest absolute Gasteiger partial charge is 0.220 e. The Balaban J connectivity index is 1.94. The molecule has 2 aromatic heterocycles. The van der Waals surface area contributed by atoms with Gasteiger partial charge in [-0.3, -0.25) is 9.36 Å². The molecule has 3 N–H and O–H groups in total. The van der Waals surface area contributed by atoms with Crippen LogP contribution in [0.3, 0.4) is 0 Å². The van der Waals surface area contributed by atoms with E-state index in [1.54, 1.807) is 6.20 Å². The van der Waals surface area contributed by atoms with Gasteiger partial charge in [-0.15, -0.1) is 0 Å². The monoisotopic (exact) mass is 231 g/mol. The van der Waals surface area contributed by atoms with E-state index < -0.39 is 0 Å². The number of nitrogens with two attached hydrogens (primary N) is 1. The van der Waals surface area contributed by atoms with Crippen molar-refractivity contribution < 1.29 is 4.79 Å². The largest absolute Gasteiger partial charge is 0.369 e. The molecule has 6 heteroatoms. The van der Waals surface area contributed by atoms with E-state index in [1.807, 2.05) is 16.7 Å². The van der Waals surface area contributed by atoms with Crippen molar-refractivity contribution in [3.63, 3.8) is 0 Å². The Labute approximate surface area is 97.8 Å². The maximum atomic E-state index is 11.1. The zero-order valence-corrected chi connectivity index (χ0v) is 9.26. The molecule has 1 unspecified atom stereocenters. The molecular formula is C11H13N5O. The van der Waals surface area contributed by atoms with Gasteiger partial charge < -0.3 is 11.1 Å². The average Bonchev–Trinajstić information content (AvgIpc) is 2.85. The minimum absolute atomic E-state index is 0.103. The summed E-state index contributed by atoms with van der Waals surface area (Å²) in [6, 6.07) is 3.84. The highest BCUT2D eigenvalue weighted by Gasteiger charge is 2.22. The van der Waals surface area contributed by atoms with Gasteiger partial charge in [0.1, 0.15) is 5.52 Å². The van der Waals surface area contributed by atoms with Crippen LogP contribution >= 0.6 is 0 Å². The summed E-state index contributed by atoms with van der Waals surface area (Å²) in [5.74, 6) is 0.547. The van der Waals surface area contributed by atoms with Crippen LogP contribution in [0.1, 0.15) is 12.8 Å². The number of imidazole rings is 1. The van der Waals surface area contributed by atoms with E-state index in [0.29, 0.717) is 18.9 Å². The molecule has 88 valence electrons. The molecule has 0 bridgehead atoms. The van der Waals surface area contributed by atoms with Gasteiger partial charge in [0.2, 0.25) is 11.9 Å². The molecule has 0 radical (unpaired) electrons. The van der Waals surface area contributed by atoms with Crippen molar-refractivity contribution in [1.82, 2.24) is 19.9 Å². The molecule has 1 fully saturated rings. The number of carbonyl (C=O) groups is 1. The fraction of sp³-hybridized carbons (Fsp3) is 0.364. The van der Waals surface area contributed by atoms with Crippen LogP contribution in [0.15, 0.2) is 18.3 Å². The first-order valence-electron chi connectivity index (χ1n) is 5.60. The van der Waals surface area contributed by atoms with Crippen LogP contribution in [0, 0.1) is 0 Å². The van der Waals surface area contributed by atoms with Crippen molar-refractivity contribution in [3.05, 3.63) is 18.3 Å². The lowest BCUT2D eigenvalue weighted by molar-refractivity contribution is -0.119. The molecule has 2 aromatic rings. The number of nitrogens with one attached hydrogen (secondary N) is 1. The van der Waals surface area contributed by atoms with Crippen LogP contribution in [0.25, 0.3) is 11.2 Å². The van der Waals surface area contributed by atoms with Crippen LogP contribution in [-0.2, 0) is 11.3 Å². The third kappa shape index (κ3) is 1.71. The molecular weight excluding hydrogens is 218 g/mol. The molecule has 0 saturated carbocycles. The van der Waals surface area contributed by atoms with Crippen LogP contribution in [-0.4, -0.2) is 26.5 Å². The molecule has 1 aliphatic heterocycles. The quantitative estimate of drug-likeness (QED) is 0.778. The molecule has 3 heterocycles. The maximum absolute atomic E-state index is 11.1. The zero-order valence-electron chi connectivity index (χ0n) is 9.26. The number of anilines is 1. The summed E-state index contributed by atoms with van der Waals surface area (Å²) >= 11 is 0. The van der Waals surface area contributed by atoms with Gasteiger partial charge >= 0.3 is 0 Å². The van der Waals surface area contributed by atoms with E-state index in [1.165, 1.54) is 0 Å². The van der Waals surface area contributed by atoms with Gasteiger partial charge in [0.15, 0.2) is 5.65 Å². The van der Waals surface area contributed by atoms with Gasteiger partial charge in [-0.05, 0) is 18.6 Å². The van der Waals surface area contributed by atoms with Crippen molar-refractivity contribution in [2.24, 2.45) is 0 Å². The molecule has 0 aromatic carbocycles. The Hall–Kier alpha value is -2.11. The van der Waals surface area contributed by atoms with Crippen LogP contribution < -0.4 is 11.1 Å². The van der Waals surface area contributed by atoms with E-state index in [-0.39, 0.29) is 11.9 Å². The van der Waals surface area contributed by atoms with E-state index in [2.05, 4.69) is 15.3 Å². The number of nitrogens with zero attached hydrogens (tertiary/aromatic N) is 3. The highest BCUT2D eigenvalue weighted by atomic mass is 16.1. The van der Waals surface area contributed by atoms with Crippen LogP contribution in [0.5, 0.6) is 0 Å². The van der Waals surface area contributed by atoms with E-state index >= 15 is 0 Å². The summed E-state index contributed by atoms with van der Waals surface area (Å²) in [7, 11) is 0. The number of carbonyl (C=O) groups excluding carboxylic acids is 1. The number of rotatable bonds is 2. The van der Waals surface area contributed by atoms with E-state index in [0.717, 1.165) is 17.6 Å². The standard InChI is InChI=1S/C11H13N5O/c12-11-15-8-2-1-5-13-10(8)16(11)6-7-3-4-9(17)14-7/h1-2,5,7H,3-4,6H2,(H2,12,15)(H,14,17). The maximum Gasteiger partial charge on any atom is 0.220 e. The molecule has 0 spiro atoms. The van der Waals surface area contributed by atoms with Crippen molar-refractivity contribution in [2.45, 2.75) is 25.4 Å². The Kier molecular flexibility index (Phi) is 2.21. The lowest BCUT2D eigenvalue weighted by Crippen LogP contribution is -2.30. The number of amides is 1. The molecule has 0 aliphatic carbocycles. The van der Waals surface area contributed by atoms with E-state index in [4.69, 9.17) is 5.73 Å². The Morgan fingerprint density at radius 2 is 2.47 bits per heavy atom. The number of hydrogen-bond acceptors (Lipinski definition) is 4. The van der Waals surface area contributed by atoms with Crippen molar-refractivity contribution in [2.75, 3.05) is 5.73 Å². The number of pyridine rings is 1. The molecule has 1 atom stereocenters. The summed E-state index contributed by atoms with van der Waals surface area (Å²) in [6.07, 6.45) is 3.14. The minimum atomic E-state index is 0.103. The third-order valence-corrected chi connectivity index (χ3v) is 3.02. The van der Waals surface area contributed by atoms with Gasteiger partial charge in [0.05, 0.1) is 0 Å². The van der Waals surface area contributed by atoms with Crippen molar-refractivity contribution >= 4 is 23.0 Å². The summed E-state index contributed by atoms with van der Waals surface area (Å²) in [4.78, 5) is 19.7. The zero-order chi connectivity index (χ0) is 11.8. The third-order valence-electron chi connectivity index (χ3n) is 3.02. The average molecular weight is 231 g/mol. The van der Waals surface area contributed by atoms with Gasteiger partial charge in [-0.25, -0.2) is 9.97 Å². The summed E-state index contributed by atoms with van der Waals surface area (Å²) in [5.41, 5.74) is 7.42. The molecule has 6 nitrogen and oxygen atoms in total. The lowest BCUT2D eigenvalue weighted by atomic mass is 10.2.